The zero-order chi connectivity index (χ0) is 21.6. The van der Waals surface area contributed by atoms with E-state index in [2.05, 4.69) is 10.3 Å². The number of nitrogens with zero attached hydrogens (tertiary/aromatic N) is 2. The van der Waals surface area contributed by atoms with Crippen molar-refractivity contribution >= 4 is 27.7 Å². The number of hydrogen-bond acceptors (Lipinski definition) is 5. The van der Waals surface area contributed by atoms with E-state index in [-0.39, 0.29) is 17.5 Å². The molecule has 162 valence electrons. The molecule has 3 rings (SSSR count). The molecule has 1 amide bonds. The van der Waals surface area contributed by atoms with Crippen LogP contribution < -0.4 is 5.32 Å². The summed E-state index contributed by atoms with van der Waals surface area (Å²) in [6.07, 6.45) is 5.80. The number of piperidine rings is 1. The van der Waals surface area contributed by atoms with Gasteiger partial charge >= 0.3 is 6.09 Å². The maximum absolute atomic E-state index is 13.2. The van der Waals surface area contributed by atoms with Crippen LogP contribution in [0.15, 0.2) is 53.7 Å². The largest absolute Gasteiger partial charge is 0.448 e. The highest BCUT2D eigenvalue weighted by Crippen LogP contribution is 2.30. The Hall–Kier alpha value is -2.16. The Kier molecular flexibility index (Phi) is 7.69. The van der Waals surface area contributed by atoms with E-state index in [9.17, 15) is 13.2 Å². The Morgan fingerprint density at radius 3 is 2.60 bits per heavy atom. The van der Waals surface area contributed by atoms with Gasteiger partial charge in [0.15, 0.2) is 0 Å². The van der Waals surface area contributed by atoms with Gasteiger partial charge < -0.3 is 10.1 Å². The van der Waals surface area contributed by atoms with Crippen LogP contribution in [0.4, 0.5) is 4.79 Å². The summed E-state index contributed by atoms with van der Waals surface area (Å²) in [7, 11) is -3.72. The molecule has 0 unspecified atom stereocenters. The van der Waals surface area contributed by atoms with Gasteiger partial charge in [0.25, 0.3) is 0 Å². The molecule has 0 aliphatic carbocycles. The van der Waals surface area contributed by atoms with Gasteiger partial charge in [-0.05, 0) is 68.1 Å². The highest BCUT2D eigenvalue weighted by atomic mass is 35.5. The minimum Gasteiger partial charge on any atom is -0.448 e. The molecule has 2 aromatic rings. The van der Waals surface area contributed by atoms with Crippen molar-refractivity contribution in [2.45, 2.75) is 49.6 Å². The molecule has 1 aromatic carbocycles. The maximum atomic E-state index is 13.2. The number of pyridine rings is 1. The second-order valence-electron chi connectivity index (χ2n) is 7.35. The first-order valence-corrected chi connectivity index (χ1v) is 11.8. The van der Waals surface area contributed by atoms with Crippen LogP contribution in [-0.2, 0) is 21.2 Å². The van der Waals surface area contributed by atoms with E-state index in [1.165, 1.54) is 16.4 Å². The quantitative estimate of drug-likeness (QED) is 0.694. The smallest absolute Gasteiger partial charge is 0.407 e. The van der Waals surface area contributed by atoms with Crippen LogP contribution in [0.25, 0.3) is 0 Å². The number of hydrogen-bond donors (Lipinski definition) is 1. The van der Waals surface area contributed by atoms with E-state index >= 15 is 0 Å². The number of aromatic nitrogens is 1. The van der Waals surface area contributed by atoms with E-state index < -0.39 is 22.2 Å². The summed E-state index contributed by atoms with van der Waals surface area (Å²) in [4.78, 5) is 16.2. The Morgan fingerprint density at radius 2 is 1.90 bits per heavy atom. The van der Waals surface area contributed by atoms with E-state index in [1.54, 1.807) is 24.5 Å². The fraction of sp³-hybridized carbons (Fsp3) is 0.429. The van der Waals surface area contributed by atoms with Gasteiger partial charge in [-0.2, -0.15) is 4.31 Å². The first-order chi connectivity index (χ1) is 14.4. The predicted octanol–water partition coefficient (Wildman–Crippen LogP) is 3.64. The Bertz CT molecular complexity index is 938. The molecule has 2 atom stereocenters. The fourth-order valence-corrected chi connectivity index (χ4v) is 5.65. The van der Waals surface area contributed by atoms with Crippen molar-refractivity contribution < 1.29 is 17.9 Å². The van der Waals surface area contributed by atoms with Gasteiger partial charge in [-0.15, -0.1) is 0 Å². The molecule has 0 saturated carbocycles. The van der Waals surface area contributed by atoms with E-state index in [0.717, 1.165) is 18.4 Å². The molecule has 1 saturated heterocycles. The topological polar surface area (TPSA) is 88.6 Å². The number of carbonyl (C=O) groups excluding carboxylic acids is 1. The van der Waals surface area contributed by atoms with Crippen LogP contribution in [0.3, 0.4) is 0 Å². The first-order valence-electron chi connectivity index (χ1n) is 9.96. The summed E-state index contributed by atoms with van der Waals surface area (Å²) in [6, 6.07) is 9.32. The Balaban J connectivity index is 1.59. The van der Waals surface area contributed by atoms with Crippen LogP contribution in [0.5, 0.6) is 0 Å². The zero-order valence-corrected chi connectivity index (χ0v) is 18.4. The van der Waals surface area contributed by atoms with Gasteiger partial charge in [0.05, 0.1) is 10.9 Å². The molecule has 2 heterocycles. The molecule has 7 nitrogen and oxygen atoms in total. The molecular formula is C21H26ClN3O4S. The summed E-state index contributed by atoms with van der Waals surface area (Å²) >= 11 is 5.89. The van der Waals surface area contributed by atoms with Gasteiger partial charge in [0.2, 0.25) is 10.0 Å². The van der Waals surface area contributed by atoms with Crippen molar-refractivity contribution in [2.24, 2.45) is 0 Å². The Morgan fingerprint density at radius 1 is 1.20 bits per heavy atom. The van der Waals surface area contributed by atoms with Crippen LogP contribution in [0, 0.1) is 0 Å². The molecule has 0 spiro atoms. The number of amides is 1. The summed E-state index contributed by atoms with van der Waals surface area (Å²) in [6.45, 7) is 2.32. The highest BCUT2D eigenvalue weighted by Gasteiger charge is 2.38. The molecule has 1 N–H and O–H groups in total. The average Bonchev–Trinajstić information content (AvgIpc) is 2.73. The molecule has 0 radical (unpaired) electrons. The number of rotatable bonds is 7. The SMILES string of the molecule is C[C@@H]1CCC[C@H](COC(=O)NCCc2ccncc2)N1S(=O)(=O)c1ccc(Cl)cc1. The summed E-state index contributed by atoms with van der Waals surface area (Å²) in [5, 5.41) is 3.19. The van der Waals surface area contributed by atoms with Crippen molar-refractivity contribution in [3.8, 4) is 0 Å². The number of alkyl carbamates (subject to hydrolysis) is 1. The van der Waals surface area contributed by atoms with Crippen LogP contribution in [-0.4, -0.2) is 49.0 Å². The number of carbonyl (C=O) groups is 1. The molecule has 1 aliphatic rings. The lowest BCUT2D eigenvalue weighted by atomic mass is 10.0. The molecule has 0 bridgehead atoms. The van der Waals surface area contributed by atoms with Crippen molar-refractivity contribution in [2.75, 3.05) is 13.2 Å². The third-order valence-electron chi connectivity index (χ3n) is 5.18. The van der Waals surface area contributed by atoms with Crippen molar-refractivity contribution in [3.63, 3.8) is 0 Å². The van der Waals surface area contributed by atoms with Gasteiger partial charge in [0.1, 0.15) is 6.61 Å². The average molecular weight is 452 g/mol. The second-order valence-corrected chi connectivity index (χ2v) is 9.63. The lowest BCUT2D eigenvalue weighted by Gasteiger charge is -2.39. The number of benzene rings is 1. The van der Waals surface area contributed by atoms with Gasteiger partial charge in [-0.1, -0.05) is 18.0 Å². The van der Waals surface area contributed by atoms with Gasteiger partial charge in [-0.3, -0.25) is 4.98 Å². The number of ether oxygens (including phenoxy) is 1. The van der Waals surface area contributed by atoms with Crippen molar-refractivity contribution in [3.05, 3.63) is 59.4 Å². The molecule has 9 heteroatoms. The number of sulfonamides is 1. The first kappa shape index (κ1) is 22.5. The third kappa shape index (κ3) is 5.71. The summed E-state index contributed by atoms with van der Waals surface area (Å²) in [5.74, 6) is 0. The molecule has 1 fully saturated rings. The normalized spacial score (nSPS) is 19.9. The Labute approximate surface area is 182 Å². The van der Waals surface area contributed by atoms with Crippen LogP contribution in [0.1, 0.15) is 31.7 Å². The van der Waals surface area contributed by atoms with E-state index in [4.69, 9.17) is 16.3 Å². The van der Waals surface area contributed by atoms with Crippen molar-refractivity contribution in [1.82, 2.24) is 14.6 Å². The minimum atomic E-state index is -3.72. The molecular weight excluding hydrogens is 426 g/mol. The summed E-state index contributed by atoms with van der Waals surface area (Å²) in [5.41, 5.74) is 1.06. The van der Waals surface area contributed by atoms with E-state index in [1.807, 2.05) is 19.1 Å². The minimum absolute atomic E-state index is 0.0122. The van der Waals surface area contributed by atoms with Crippen molar-refractivity contribution in [1.29, 1.82) is 0 Å². The standard InChI is InChI=1S/C21H26ClN3O4S/c1-16-3-2-4-19(25(16)30(27,28)20-7-5-18(22)6-8-20)15-29-21(26)24-14-11-17-9-12-23-13-10-17/h5-10,12-13,16,19H,2-4,11,14-15H2,1H3,(H,24,26)/t16-,19-/m1/s1. The number of halogens is 1. The third-order valence-corrected chi connectivity index (χ3v) is 7.51. The maximum Gasteiger partial charge on any atom is 0.407 e. The van der Waals surface area contributed by atoms with Gasteiger partial charge in [0, 0.05) is 30.0 Å². The van der Waals surface area contributed by atoms with Crippen LogP contribution >= 0.6 is 11.6 Å². The van der Waals surface area contributed by atoms with E-state index in [0.29, 0.717) is 24.4 Å². The molecule has 30 heavy (non-hydrogen) atoms. The molecule has 1 aliphatic heterocycles. The van der Waals surface area contributed by atoms with Gasteiger partial charge in [-0.25, -0.2) is 13.2 Å². The monoisotopic (exact) mass is 451 g/mol. The molecule has 1 aromatic heterocycles. The highest BCUT2D eigenvalue weighted by molar-refractivity contribution is 7.89. The number of nitrogens with one attached hydrogen (secondary N) is 1. The fourth-order valence-electron chi connectivity index (χ4n) is 3.66. The summed E-state index contributed by atoms with van der Waals surface area (Å²) < 4.78 is 33.3. The van der Waals surface area contributed by atoms with Crippen LogP contribution in [0.2, 0.25) is 5.02 Å². The second kappa shape index (κ2) is 10.2. The lowest BCUT2D eigenvalue weighted by Crippen LogP contribution is -2.51. The predicted molar refractivity (Wildman–Crippen MR) is 115 cm³/mol. The zero-order valence-electron chi connectivity index (χ0n) is 16.8. The lowest BCUT2D eigenvalue weighted by molar-refractivity contribution is 0.0894.